The second-order valence-corrected chi connectivity index (χ2v) is 6.36. The van der Waals surface area contributed by atoms with E-state index in [4.69, 9.17) is 4.74 Å². The van der Waals surface area contributed by atoms with Gasteiger partial charge in [0.25, 0.3) is 17.5 Å². The monoisotopic (exact) mass is 382 g/mol. The van der Waals surface area contributed by atoms with Crippen LogP contribution in [0, 0.1) is 17.0 Å². The van der Waals surface area contributed by atoms with Crippen LogP contribution in [-0.4, -0.2) is 40.8 Å². The van der Waals surface area contributed by atoms with Crippen molar-refractivity contribution < 1.29 is 24.0 Å². The molecule has 0 atom stereocenters. The number of nitrogens with zero attached hydrogens (tertiary/aromatic N) is 2. The van der Waals surface area contributed by atoms with E-state index in [1.807, 2.05) is 0 Å². The molecule has 0 radical (unpaired) electrons. The van der Waals surface area contributed by atoms with E-state index in [0.717, 1.165) is 0 Å². The number of amides is 2. The summed E-state index contributed by atoms with van der Waals surface area (Å²) in [5.74, 6) is -1.27. The molecule has 8 nitrogen and oxygen atoms in total. The van der Waals surface area contributed by atoms with Crippen LogP contribution in [0.4, 0.5) is 5.69 Å². The number of imide groups is 1. The van der Waals surface area contributed by atoms with Gasteiger partial charge in [0.1, 0.15) is 0 Å². The average Bonchev–Trinajstić information content (AvgIpc) is 2.92. The molecule has 0 aromatic heterocycles. The van der Waals surface area contributed by atoms with Gasteiger partial charge in [-0.05, 0) is 38.0 Å². The van der Waals surface area contributed by atoms with Crippen molar-refractivity contribution in [2.45, 2.75) is 19.8 Å². The summed E-state index contributed by atoms with van der Waals surface area (Å²) in [6.07, 6.45) is 0.930. The standard InChI is InChI=1S/C20H18N2O6/c1-13-14(9-6-10-17(13)22(26)27)20(25)28-12-5-4-11-21-18(23)15-7-2-3-8-16(15)19(21)24/h2-3,6-10H,4-5,11-12H2,1H3. The lowest BCUT2D eigenvalue weighted by molar-refractivity contribution is -0.385. The van der Waals surface area contributed by atoms with Crippen LogP contribution in [0.5, 0.6) is 0 Å². The average molecular weight is 382 g/mol. The third-order valence-corrected chi connectivity index (χ3v) is 4.61. The van der Waals surface area contributed by atoms with E-state index in [1.165, 1.54) is 30.0 Å². The first kappa shape index (κ1) is 19.2. The summed E-state index contributed by atoms with van der Waals surface area (Å²) in [6.45, 7) is 1.82. The largest absolute Gasteiger partial charge is 0.462 e. The number of esters is 1. The van der Waals surface area contributed by atoms with Crippen molar-refractivity contribution >= 4 is 23.5 Å². The fraction of sp³-hybridized carbons (Fsp3) is 0.250. The molecule has 0 N–H and O–H groups in total. The smallest absolute Gasteiger partial charge is 0.338 e. The van der Waals surface area contributed by atoms with Gasteiger partial charge in [-0.1, -0.05) is 18.2 Å². The van der Waals surface area contributed by atoms with Crippen molar-refractivity contribution in [2.75, 3.05) is 13.2 Å². The third kappa shape index (κ3) is 3.62. The van der Waals surface area contributed by atoms with Gasteiger partial charge < -0.3 is 4.74 Å². The van der Waals surface area contributed by atoms with Crippen LogP contribution in [-0.2, 0) is 4.74 Å². The van der Waals surface area contributed by atoms with Crippen molar-refractivity contribution in [3.8, 4) is 0 Å². The molecular weight excluding hydrogens is 364 g/mol. The van der Waals surface area contributed by atoms with Crippen LogP contribution in [0.2, 0.25) is 0 Å². The molecule has 0 spiro atoms. The Kier molecular flexibility index (Phi) is 5.49. The number of unbranched alkanes of at least 4 members (excludes halogenated alkanes) is 1. The van der Waals surface area contributed by atoms with Gasteiger partial charge in [0, 0.05) is 18.2 Å². The van der Waals surface area contributed by atoms with E-state index >= 15 is 0 Å². The second-order valence-electron chi connectivity index (χ2n) is 6.36. The van der Waals surface area contributed by atoms with E-state index < -0.39 is 10.9 Å². The van der Waals surface area contributed by atoms with Crippen LogP contribution < -0.4 is 0 Å². The first-order valence-corrected chi connectivity index (χ1v) is 8.78. The minimum absolute atomic E-state index is 0.0874. The molecule has 1 aliphatic rings. The van der Waals surface area contributed by atoms with Gasteiger partial charge in [-0.25, -0.2) is 4.79 Å². The number of nitro groups is 1. The summed E-state index contributed by atoms with van der Waals surface area (Å²) < 4.78 is 5.17. The Morgan fingerprint density at radius 1 is 1.04 bits per heavy atom. The predicted octanol–water partition coefficient (Wildman–Crippen LogP) is 3.14. The van der Waals surface area contributed by atoms with Gasteiger partial charge in [0.15, 0.2) is 0 Å². The highest BCUT2D eigenvalue weighted by atomic mass is 16.6. The van der Waals surface area contributed by atoms with Crippen LogP contribution in [0.3, 0.4) is 0 Å². The quantitative estimate of drug-likeness (QED) is 0.239. The third-order valence-electron chi connectivity index (χ3n) is 4.61. The summed E-state index contributed by atoms with van der Waals surface area (Å²) in [4.78, 5) is 48.3. The number of hydrogen-bond donors (Lipinski definition) is 0. The van der Waals surface area contributed by atoms with Gasteiger partial charge in [-0.2, -0.15) is 0 Å². The highest BCUT2D eigenvalue weighted by molar-refractivity contribution is 6.21. The maximum atomic E-state index is 12.3. The van der Waals surface area contributed by atoms with Gasteiger partial charge in [0.2, 0.25) is 0 Å². The highest BCUT2D eigenvalue weighted by Gasteiger charge is 2.34. The van der Waals surface area contributed by atoms with Gasteiger partial charge in [-0.15, -0.1) is 0 Å². The zero-order valence-electron chi connectivity index (χ0n) is 15.2. The molecule has 1 aliphatic heterocycles. The number of rotatable bonds is 7. The number of hydrogen-bond acceptors (Lipinski definition) is 6. The Morgan fingerprint density at radius 2 is 1.68 bits per heavy atom. The number of benzene rings is 2. The molecule has 2 aromatic rings. The van der Waals surface area contributed by atoms with Gasteiger partial charge in [0.05, 0.1) is 28.2 Å². The molecule has 8 heteroatoms. The molecule has 0 saturated heterocycles. The van der Waals surface area contributed by atoms with E-state index in [9.17, 15) is 24.5 Å². The van der Waals surface area contributed by atoms with Crippen LogP contribution >= 0.6 is 0 Å². The van der Waals surface area contributed by atoms with Crippen molar-refractivity contribution in [2.24, 2.45) is 0 Å². The molecule has 0 unspecified atom stereocenters. The van der Waals surface area contributed by atoms with Gasteiger partial charge in [-0.3, -0.25) is 24.6 Å². The zero-order valence-corrected chi connectivity index (χ0v) is 15.2. The topological polar surface area (TPSA) is 107 Å². The maximum absolute atomic E-state index is 12.3. The molecule has 28 heavy (non-hydrogen) atoms. The summed E-state index contributed by atoms with van der Waals surface area (Å²) in [6, 6.07) is 10.9. The minimum Gasteiger partial charge on any atom is -0.462 e. The first-order chi connectivity index (χ1) is 13.4. The molecule has 0 aliphatic carbocycles. The Morgan fingerprint density at radius 3 is 2.29 bits per heavy atom. The van der Waals surface area contributed by atoms with Crippen LogP contribution in [0.25, 0.3) is 0 Å². The van der Waals surface area contributed by atoms with E-state index in [0.29, 0.717) is 24.0 Å². The van der Waals surface area contributed by atoms with Crippen molar-refractivity contribution in [1.29, 1.82) is 0 Å². The normalized spacial score (nSPS) is 12.8. The molecule has 2 amide bonds. The van der Waals surface area contributed by atoms with E-state index in [2.05, 4.69) is 0 Å². The van der Waals surface area contributed by atoms with Crippen molar-refractivity contribution in [1.82, 2.24) is 4.90 Å². The highest BCUT2D eigenvalue weighted by Crippen LogP contribution is 2.23. The SMILES string of the molecule is Cc1c(C(=O)OCCCCN2C(=O)c3ccccc3C2=O)cccc1[N+](=O)[O-]. The maximum Gasteiger partial charge on any atom is 0.338 e. The molecule has 0 saturated carbocycles. The molecule has 3 rings (SSSR count). The lowest BCUT2D eigenvalue weighted by Crippen LogP contribution is -2.30. The molecule has 0 fully saturated rings. The summed E-state index contributed by atoms with van der Waals surface area (Å²) >= 11 is 0. The van der Waals surface area contributed by atoms with Crippen molar-refractivity contribution in [3.05, 3.63) is 74.8 Å². The van der Waals surface area contributed by atoms with Crippen LogP contribution in [0.1, 0.15) is 49.5 Å². The molecular formula is C20H18N2O6. The second kappa shape index (κ2) is 7.99. The van der Waals surface area contributed by atoms with E-state index in [-0.39, 0.29) is 41.8 Å². The summed E-state index contributed by atoms with van der Waals surface area (Å²) in [7, 11) is 0. The number of carbonyl (C=O) groups is 3. The van der Waals surface area contributed by atoms with E-state index in [1.54, 1.807) is 24.3 Å². The molecule has 2 aromatic carbocycles. The molecule has 1 heterocycles. The zero-order chi connectivity index (χ0) is 20.3. The molecule has 0 bridgehead atoms. The number of ether oxygens (including phenoxy) is 1. The Bertz CT molecular complexity index is 934. The number of fused-ring (bicyclic) bond motifs is 1. The fourth-order valence-corrected chi connectivity index (χ4v) is 3.10. The Labute approximate surface area is 160 Å². The van der Waals surface area contributed by atoms with Crippen molar-refractivity contribution in [3.63, 3.8) is 0 Å². The lowest BCUT2D eigenvalue weighted by Gasteiger charge is -2.13. The number of carbonyl (C=O) groups excluding carboxylic acids is 3. The predicted molar refractivity (Wildman–Crippen MR) is 99.2 cm³/mol. The summed E-state index contributed by atoms with van der Waals surface area (Å²) in [5.41, 5.74) is 1.07. The lowest BCUT2D eigenvalue weighted by atomic mass is 10.1. The minimum atomic E-state index is -0.637. The van der Waals surface area contributed by atoms with Gasteiger partial charge >= 0.3 is 5.97 Å². The summed E-state index contributed by atoms with van der Waals surface area (Å²) in [5, 5.41) is 11.0. The van der Waals surface area contributed by atoms with Crippen LogP contribution in [0.15, 0.2) is 42.5 Å². The number of nitro benzene ring substituents is 1. The Balaban J connectivity index is 1.49. The Hall–Kier alpha value is -3.55. The fourth-order valence-electron chi connectivity index (χ4n) is 3.10. The first-order valence-electron chi connectivity index (χ1n) is 8.78. The molecule has 144 valence electrons.